The van der Waals surface area contributed by atoms with Crippen molar-refractivity contribution in [2.24, 2.45) is 0 Å². The maximum absolute atomic E-state index is 12.5. The molecule has 3 aromatic rings. The normalized spacial score (nSPS) is 10.5. The molecule has 2 N–H and O–H groups in total. The Hall–Kier alpha value is -3.68. The van der Waals surface area contributed by atoms with E-state index in [0.717, 1.165) is 16.8 Å². The first-order valence-corrected chi connectivity index (χ1v) is 9.10. The summed E-state index contributed by atoms with van der Waals surface area (Å²) in [4.78, 5) is 24.9. The Morgan fingerprint density at radius 1 is 1.03 bits per heavy atom. The average Bonchev–Trinajstić information content (AvgIpc) is 3.05. The number of nitrogens with one attached hydrogen (secondary N) is 2. The Bertz CT molecular complexity index is 1040. The van der Waals surface area contributed by atoms with Crippen LogP contribution in [0.15, 0.2) is 42.5 Å². The van der Waals surface area contributed by atoms with Gasteiger partial charge in [-0.05, 0) is 62.2 Å². The van der Waals surface area contributed by atoms with E-state index < -0.39 is 5.91 Å². The van der Waals surface area contributed by atoms with E-state index in [-0.39, 0.29) is 18.1 Å². The molecule has 0 aliphatic heterocycles. The van der Waals surface area contributed by atoms with Crippen molar-refractivity contribution in [1.82, 2.24) is 15.0 Å². The number of aryl methyl sites for hydroxylation is 2. The lowest BCUT2D eigenvalue weighted by Gasteiger charge is -2.10. The molecular weight excluding hydrogens is 370 g/mol. The molecule has 1 heterocycles. The van der Waals surface area contributed by atoms with Gasteiger partial charge in [0.05, 0.1) is 12.8 Å². The van der Waals surface area contributed by atoms with Crippen LogP contribution in [-0.4, -0.2) is 33.9 Å². The van der Waals surface area contributed by atoms with Crippen molar-refractivity contribution in [2.75, 3.05) is 17.7 Å². The van der Waals surface area contributed by atoms with Crippen LogP contribution in [0.3, 0.4) is 0 Å². The quantitative estimate of drug-likeness (QED) is 0.671. The van der Waals surface area contributed by atoms with Crippen LogP contribution in [0.25, 0.3) is 0 Å². The fourth-order valence-corrected chi connectivity index (χ4v) is 2.78. The Morgan fingerprint density at radius 2 is 1.76 bits per heavy atom. The van der Waals surface area contributed by atoms with Crippen LogP contribution in [-0.2, 0) is 11.3 Å². The zero-order valence-electron chi connectivity index (χ0n) is 16.8. The average molecular weight is 393 g/mol. The predicted octanol–water partition coefficient (Wildman–Crippen LogP) is 3.10. The van der Waals surface area contributed by atoms with Gasteiger partial charge >= 0.3 is 0 Å². The summed E-state index contributed by atoms with van der Waals surface area (Å²) in [6.45, 7) is 5.55. The Kier molecular flexibility index (Phi) is 5.92. The second kappa shape index (κ2) is 8.55. The second-order valence-electron chi connectivity index (χ2n) is 6.73. The lowest BCUT2D eigenvalue weighted by Crippen LogP contribution is -2.21. The third-order valence-corrected chi connectivity index (χ3v) is 4.51. The summed E-state index contributed by atoms with van der Waals surface area (Å²) in [5.41, 5.74) is 4.06. The van der Waals surface area contributed by atoms with E-state index in [1.807, 2.05) is 32.0 Å². The first-order valence-electron chi connectivity index (χ1n) is 9.10. The van der Waals surface area contributed by atoms with Crippen LogP contribution < -0.4 is 15.4 Å². The molecule has 0 aliphatic rings. The maximum Gasteiger partial charge on any atom is 0.278 e. The topological polar surface area (TPSA) is 98.1 Å². The smallest absolute Gasteiger partial charge is 0.278 e. The van der Waals surface area contributed by atoms with E-state index in [1.54, 1.807) is 38.3 Å². The van der Waals surface area contributed by atoms with Crippen molar-refractivity contribution in [1.29, 1.82) is 0 Å². The van der Waals surface area contributed by atoms with Crippen molar-refractivity contribution < 1.29 is 14.3 Å². The van der Waals surface area contributed by atoms with Crippen molar-refractivity contribution in [3.8, 4) is 5.75 Å². The van der Waals surface area contributed by atoms with Gasteiger partial charge < -0.3 is 15.4 Å². The number of amides is 2. The number of aromatic nitrogens is 3. The van der Waals surface area contributed by atoms with E-state index in [1.165, 1.54) is 4.68 Å². The zero-order valence-corrected chi connectivity index (χ0v) is 16.8. The molecule has 0 bridgehead atoms. The first kappa shape index (κ1) is 20.1. The molecule has 0 radical (unpaired) electrons. The number of hydrogen-bond donors (Lipinski definition) is 2. The highest BCUT2D eigenvalue weighted by Gasteiger charge is 2.18. The minimum atomic E-state index is -0.395. The molecule has 1 aromatic heterocycles. The van der Waals surface area contributed by atoms with E-state index >= 15 is 0 Å². The molecule has 150 valence electrons. The van der Waals surface area contributed by atoms with E-state index in [4.69, 9.17) is 4.74 Å². The SMILES string of the molecule is COc1ccc(NC(=O)c2nnn(CC(=O)Nc3cc(C)ccc3C)c2C)cc1. The second-order valence-corrected chi connectivity index (χ2v) is 6.73. The number of hydrogen-bond acceptors (Lipinski definition) is 5. The minimum Gasteiger partial charge on any atom is -0.497 e. The molecule has 0 fully saturated rings. The number of benzene rings is 2. The molecule has 0 spiro atoms. The lowest BCUT2D eigenvalue weighted by molar-refractivity contribution is -0.117. The fourth-order valence-electron chi connectivity index (χ4n) is 2.78. The third kappa shape index (κ3) is 4.78. The number of carbonyl (C=O) groups excluding carboxylic acids is 2. The van der Waals surface area contributed by atoms with Gasteiger partial charge in [-0.3, -0.25) is 9.59 Å². The summed E-state index contributed by atoms with van der Waals surface area (Å²) in [6, 6.07) is 12.8. The molecule has 0 saturated carbocycles. The van der Waals surface area contributed by atoms with Gasteiger partial charge in [0.25, 0.3) is 5.91 Å². The molecule has 0 aliphatic carbocycles. The molecule has 29 heavy (non-hydrogen) atoms. The van der Waals surface area contributed by atoms with Crippen molar-refractivity contribution in [3.63, 3.8) is 0 Å². The molecule has 8 nitrogen and oxygen atoms in total. The van der Waals surface area contributed by atoms with Crippen molar-refractivity contribution in [3.05, 3.63) is 65.0 Å². The highest BCUT2D eigenvalue weighted by molar-refractivity contribution is 6.03. The Labute approximate surface area is 168 Å². The van der Waals surface area contributed by atoms with Crippen molar-refractivity contribution in [2.45, 2.75) is 27.3 Å². The number of anilines is 2. The first-order chi connectivity index (χ1) is 13.9. The Balaban J connectivity index is 1.67. The van der Waals surface area contributed by atoms with Crippen LogP contribution in [0.2, 0.25) is 0 Å². The van der Waals surface area contributed by atoms with Crippen LogP contribution in [0.1, 0.15) is 27.3 Å². The number of nitrogens with zero attached hydrogens (tertiary/aromatic N) is 3. The van der Waals surface area contributed by atoms with Gasteiger partial charge in [0.2, 0.25) is 5.91 Å². The lowest BCUT2D eigenvalue weighted by atomic mass is 10.1. The molecule has 3 rings (SSSR count). The summed E-state index contributed by atoms with van der Waals surface area (Å²) in [7, 11) is 1.58. The van der Waals surface area contributed by atoms with Gasteiger partial charge in [0.15, 0.2) is 5.69 Å². The van der Waals surface area contributed by atoms with Crippen LogP contribution in [0, 0.1) is 20.8 Å². The highest BCUT2D eigenvalue weighted by atomic mass is 16.5. The van der Waals surface area contributed by atoms with Gasteiger partial charge in [-0.2, -0.15) is 0 Å². The summed E-state index contributed by atoms with van der Waals surface area (Å²) in [5.74, 6) is 0.0580. The summed E-state index contributed by atoms with van der Waals surface area (Å²) in [5, 5.41) is 13.5. The Morgan fingerprint density at radius 3 is 2.45 bits per heavy atom. The zero-order chi connectivity index (χ0) is 21.0. The fraction of sp³-hybridized carbons (Fsp3) is 0.238. The van der Waals surface area contributed by atoms with E-state index in [0.29, 0.717) is 17.1 Å². The molecule has 2 amide bonds. The number of carbonyl (C=O) groups is 2. The minimum absolute atomic E-state index is 0.0397. The molecule has 8 heteroatoms. The van der Waals surface area contributed by atoms with Gasteiger partial charge in [-0.15, -0.1) is 5.10 Å². The molecule has 0 saturated heterocycles. The summed E-state index contributed by atoms with van der Waals surface area (Å²) >= 11 is 0. The van der Waals surface area contributed by atoms with Crippen LogP contribution >= 0.6 is 0 Å². The number of methoxy groups -OCH3 is 1. The van der Waals surface area contributed by atoms with Crippen LogP contribution in [0.5, 0.6) is 5.75 Å². The predicted molar refractivity (Wildman–Crippen MR) is 110 cm³/mol. The number of ether oxygens (including phenoxy) is 1. The monoisotopic (exact) mass is 393 g/mol. The third-order valence-electron chi connectivity index (χ3n) is 4.51. The van der Waals surface area contributed by atoms with Gasteiger partial charge in [-0.1, -0.05) is 17.3 Å². The summed E-state index contributed by atoms with van der Waals surface area (Å²) in [6.07, 6.45) is 0. The van der Waals surface area contributed by atoms with E-state index in [2.05, 4.69) is 20.9 Å². The van der Waals surface area contributed by atoms with Gasteiger partial charge in [-0.25, -0.2) is 4.68 Å². The largest absolute Gasteiger partial charge is 0.497 e. The molecular formula is C21H23N5O3. The van der Waals surface area contributed by atoms with Gasteiger partial charge in [0, 0.05) is 11.4 Å². The van der Waals surface area contributed by atoms with Gasteiger partial charge in [0.1, 0.15) is 12.3 Å². The van der Waals surface area contributed by atoms with Crippen LogP contribution in [0.4, 0.5) is 11.4 Å². The molecule has 2 aromatic carbocycles. The standard InChI is InChI=1S/C21H23N5O3/c1-13-5-6-14(2)18(11-13)23-19(27)12-26-15(3)20(24-25-26)21(28)22-16-7-9-17(29-4)10-8-16/h5-11H,12H2,1-4H3,(H,22,28)(H,23,27). The number of rotatable bonds is 6. The van der Waals surface area contributed by atoms with E-state index in [9.17, 15) is 9.59 Å². The molecule has 0 atom stereocenters. The summed E-state index contributed by atoms with van der Waals surface area (Å²) < 4.78 is 6.50. The van der Waals surface area contributed by atoms with Crippen molar-refractivity contribution >= 4 is 23.2 Å². The maximum atomic E-state index is 12.5. The highest BCUT2D eigenvalue weighted by Crippen LogP contribution is 2.18. The molecule has 0 unspecified atom stereocenters.